The van der Waals surface area contributed by atoms with Crippen molar-refractivity contribution >= 4 is 28.5 Å². The van der Waals surface area contributed by atoms with Gasteiger partial charge >= 0.3 is 5.97 Å². The van der Waals surface area contributed by atoms with E-state index in [0.717, 1.165) is 23.2 Å². The monoisotopic (exact) mass is 382 g/mol. The summed E-state index contributed by atoms with van der Waals surface area (Å²) in [5.74, 6) is -1.20. The largest absolute Gasteiger partial charge is 0.481 e. The highest BCUT2D eigenvalue weighted by molar-refractivity contribution is 6.30. The lowest BCUT2D eigenvalue weighted by molar-refractivity contribution is -0.142. The highest BCUT2D eigenvalue weighted by Gasteiger charge is 2.37. The van der Waals surface area contributed by atoms with Crippen LogP contribution in [0.1, 0.15) is 36.7 Å². The number of carbonyl (C=O) groups is 1. The first kappa shape index (κ1) is 18.1. The van der Waals surface area contributed by atoms with Crippen LogP contribution in [0, 0.1) is 5.92 Å². The molecule has 1 aliphatic heterocycles. The zero-order valence-electron chi connectivity index (χ0n) is 15.4. The average molecular weight is 383 g/mol. The Morgan fingerprint density at radius 2 is 1.96 bits per heavy atom. The number of para-hydroxylation sites is 1. The molecule has 0 amide bonds. The summed E-state index contributed by atoms with van der Waals surface area (Å²) in [5, 5.41) is 11.4. The van der Waals surface area contributed by atoms with Gasteiger partial charge in [-0.25, -0.2) is 0 Å². The highest BCUT2D eigenvalue weighted by atomic mass is 35.5. The van der Waals surface area contributed by atoms with E-state index in [1.54, 1.807) is 6.92 Å². The van der Waals surface area contributed by atoms with Gasteiger partial charge in [0.25, 0.3) is 0 Å². The predicted octanol–water partition coefficient (Wildman–Crippen LogP) is 4.88. The quantitative estimate of drug-likeness (QED) is 0.676. The van der Waals surface area contributed by atoms with Crippen molar-refractivity contribution < 1.29 is 9.90 Å². The summed E-state index contributed by atoms with van der Waals surface area (Å²) in [5.41, 5.74) is 4.74. The summed E-state index contributed by atoms with van der Waals surface area (Å²) in [7, 11) is 0. The molecule has 0 radical (unpaired) electrons. The first-order chi connectivity index (χ1) is 13.0. The summed E-state index contributed by atoms with van der Waals surface area (Å²) in [6.07, 6.45) is 0.899. The Morgan fingerprint density at radius 3 is 2.67 bits per heavy atom. The van der Waals surface area contributed by atoms with Crippen molar-refractivity contribution in [2.45, 2.75) is 32.4 Å². The van der Waals surface area contributed by atoms with Gasteiger partial charge < -0.3 is 10.1 Å². The molecule has 2 aromatic carbocycles. The molecule has 0 fully saturated rings. The minimum absolute atomic E-state index is 0.0183. The SMILES string of the molecule is C[C@@H]1Cc2c([nH]c3ccccc23)[C@@H](c2ccc(Cl)cc2)N1C[C@H](C)C(=O)O. The first-order valence-corrected chi connectivity index (χ1v) is 9.67. The second-order valence-electron chi connectivity index (χ2n) is 7.51. The zero-order valence-corrected chi connectivity index (χ0v) is 16.2. The summed E-state index contributed by atoms with van der Waals surface area (Å²) < 4.78 is 0. The molecular formula is C22H23ClN2O2. The predicted molar refractivity (Wildman–Crippen MR) is 108 cm³/mol. The molecule has 3 aromatic rings. The molecule has 0 saturated heterocycles. The van der Waals surface area contributed by atoms with E-state index < -0.39 is 11.9 Å². The first-order valence-electron chi connectivity index (χ1n) is 9.29. The van der Waals surface area contributed by atoms with E-state index in [0.29, 0.717) is 11.6 Å². The van der Waals surface area contributed by atoms with Crippen molar-refractivity contribution in [3.05, 3.63) is 70.4 Å². The number of fused-ring (bicyclic) bond motifs is 3. The number of hydrogen-bond acceptors (Lipinski definition) is 2. The smallest absolute Gasteiger partial charge is 0.307 e. The molecule has 2 heterocycles. The summed E-state index contributed by atoms with van der Waals surface area (Å²) in [6.45, 7) is 4.45. The molecule has 1 aliphatic rings. The Balaban J connectivity index is 1.86. The number of aromatic nitrogens is 1. The number of benzene rings is 2. The number of nitrogens with zero attached hydrogens (tertiary/aromatic N) is 1. The fourth-order valence-corrected chi connectivity index (χ4v) is 4.32. The van der Waals surface area contributed by atoms with Gasteiger partial charge in [0, 0.05) is 34.2 Å². The number of hydrogen-bond donors (Lipinski definition) is 2. The Morgan fingerprint density at radius 1 is 1.26 bits per heavy atom. The molecular weight excluding hydrogens is 360 g/mol. The normalized spacial score (nSPS) is 21.1. The number of nitrogens with one attached hydrogen (secondary N) is 1. The van der Waals surface area contributed by atoms with Gasteiger partial charge in [-0.05, 0) is 42.7 Å². The van der Waals surface area contributed by atoms with Crippen LogP contribution >= 0.6 is 11.6 Å². The van der Waals surface area contributed by atoms with Crippen LogP contribution in [0.2, 0.25) is 5.02 Å². The van der Waals surface area contributed by atoms with Crippen molar-refractivity contribution in [1.82, 2.24) is 9.88 Å². The van der Waals surface area contributed by atoms with E-state index in [2.05, 4.69) is 35.0 Å². The molecule has 4 rings (SSSR count). The van der Waals surface area contributed by atoms with E-state index in [1.807, 2.05) is 30.3 Å². The summed E-state index contributed by atoms with van der Waals surface area (Å²) in [6, 6.07) is 16.5. The number of carboxylic acid groups (broad SMARTS) is 1. The van der Waals surface area contributed by atoms with Gasteiger partial charge in [0.2, 0.25) is 0 Å². The molecule has 5 heteroatoms. The zero-order chi connectivity index (χ0) is 19.1. The molecule has 0 bridgehead atoms. The van der Waals surface area contributed by atoms with Gasteiger partial charge in [0.05, 0.1) is 12.0 Å². The molecule has 3 atom stereocenters. The maximum Gasteiger partial charge on any atom is 0.307 e. The van der Waals surface area contributed by atoms with Crippen LogP contribution in [0.15, 0.2) is 48.5 Å². The van der Waals surface area contributed by atoms with Crippen LogP contribution < -0.4 is 0 Å². The van der Waals surface area contributed by atoms with Crippen LogP contribution in [0.25, 0.3) is 10.9 Å². The van der Waals surface area contributed by atoms with Crippen molar-refractivity contribution in [2.75, 3.05) is 6.54 Å². The number of carboxylic acids is 1. The lowest BCUT2D eigenvalue weighted by atomic mass is 9.88. The molecule has 0 aliphatic carbocycles. The van der Waals surface area contributed by atoms with Crippen LogP contribution in [0.5, 0.6) is 0 Å². The van der Waals surface area contributed by atoms with E-state index in [-0.39, 0.29) is 12.1 Å². The van der Waals surface area contributed by atoms with Gasteiger partial charge in [0.1, 0.15) is 0 Å². The van der Waals surface area contributed by atoms with Gasteiger partial charge in [-0.2, -0.15) is 0 Å². The number of halogens is 1. The van der Waals surface area contributed by atoms with E-state index >= 15 is 0 Å². The molecule has 1 aromatic heterocycles. The molecule has 4 nitrogen and oxygen atoms in total. The van der Waals surface area contributed by atoms with E-state index in [1.165, 1.54) is 10.9 Å². The third-order valence-electron chi connectivity index (χ3n) is 5.61. The fourth-order valence-electron chi connectivity index (χ4n) is 4.19. The number of aromatic amines is 1. The third-order valence-corrected chi connectivity index (χ3v) is 5.86. The van der Waals surface area contributed by atoms with Crippen molar-refractivity contribution in [3.63, 3.8) is 0 Å². The average Bonchev–Trinajstić information content (AvgIpc) is 3.01. The second-order valence-corrected chi connectivity index (χ2v) is 7.94. The molecule has 2 N–H and O–H groups in total. The van der Waals surface area contributed by atoms with Gasteiger partial charge in [0.15, 0.2) is 0 Å². The molecule has 0 saturated carbocycles. The van der Waals surface area contributed by atoms with Crippen molar-refractivity contribution in [2.24, 2.45) is 5.92 Å². The second kappa shape index (κ2) is 7.02. The Labute approximate surface area is 163 Å². The third kappa shape index (κ3) is 3.24. The Hall–Kier alpha value is -2.30. The molecule has 0 unspecified atom stereocenters. The minimum Gasteiger partial charge on any atom is -0.481 e. The fraction of sp³-hybridized carbons (Fsp3) is 0.318. The standard InChI is InChI=1S/C22H23ClN2O2/c1-13(22(26)27)12-25-14(2)11-18-17-5-3-4-6-19(17)24-20(18)21(25)15-7-9-16(23)10-8-15/h3-10,13-14,21,24H,11-12H2,1-2H3,(H,26,27)/t13-,14+,21+/m0/s1. The number of H-pyrrole nitrogens is 1. The Kier molecular flexibility index (Phi) is 4.70. The van der Waals surface area contributed by atoms with E-state index in [9.17, 15) is 9.90 Å². The number of rotatable bonds is 4. The van der Waals surface area contributed by atoms with Gasteiger partial charge in [-0.3, -0.25) is 9.69 Å². The molecule has 27 heavy (non-hydrogen) atoms. The van der Waals surface area contributed by atoms with Crippen LogP contribution in [-0.4, -0.2) is 33.5 Å². The lowest BCUT2D eigenvalue weighted by Crippen LogP contribution is -2.45. The maximum absolute atomic E-state index is 11.5. The van der Waals surface area contributed by atoms with Crippen molar-refractivity contribution in [3.8, 4) is 0 Å². The summed E-state index contributed by atoms with van der Waals surface area (Å²) in [4.78, 5) is 17.4. The van der Waals surface area contributed by atoms with Gasteiger partial charge in [-0.1, -0.05) is 48.9 Å². The van der Waals surface area contributed by atoms with Crippen molar-refractivity contribution in [1.29, 1.82) is 0 Å². The van der Waals surface area contributed by atoms with E-state index in [4.69, 9.17) is 11.6 Å². The topological polar surface area (TPSA) is 56.3 Å². The molecule has 0 spiro atoms. The van der Waals surface area contributed by atoms with Crippen LogP contribution in [-0.2, 0) is 11.2 Å². The highest BCUT2D eigenvalue weighted by Crippen LogP contribution is 2.41. The molecule has 140 valence electrons. The lowest BCUT2D eigenvalue weighted by Gasteiger charge is -2.41. The van der Waals surface area contributed by atoms with Gasteiger partial charge in [-0.15, -0.1) is 0 Å². The summed E-state index contributed by atoms with van der Waals surface area (Å²) >= 11 is 6.11. The van der Waals surface area contributed by atoms with Crippen LogP contribution in [0.4, 0.5) is 0 Å². The maximum atomic E-state index is 11.5. The van der Waals surface area contributed by atoms with Crippen LogP contribution in [0.3, 0.4) is 0 Å². The number of aliphatic carboxylic acids is 1. The minimum atomic E-state index is -0.764. The Bertz CT molecular complexity index is 980.